The second kappa shape index (κ2) is 7.87. The van der Waals surface area contributed by atoms with Crippen LogP contribution >= 0.6 is 0 Å². The van der Waals surface area contributed by atoms with Gasteiger partial charge in [-0.1, -0.05) is 48.5 Å². The molecule has 0 atom stereocenters. The predicted molar refractivity (Wildman–Crippen MR) is 91.3 cm³/mol. The lowest BCUT2D eigenvalue weighted by Gasteiger charge is -2.08. The summed E-state index contributed by atoms with van der Waals surface area (Å²) in [6.45, 7) is 0.306. The van der Waals surface area contributed by atoms with Crippen LogP contribution in [0.5, 0.6) is 5.75 Å². The molecular weight excluding hydrogens is 302 g/mol. The third kappa shape index (κ3) is 4.39. The number of carbonyl (C=O) groups excluding carboxylic acids is 1. The van der Waals surface area contributed by atoms with E-state index in [0.29, 0.717) is 12.3 Å². The van der Waals surface area contributed by atoms with Crippen LogP contribution in [0.4, 0.5) is 0 Å². The van der Waals surface area contributed by atoms with E-state index < -0.39 is 0 Å². The van der Waals surface area contributed by atoms with E-state index in [0.717, 1.165) is 17.0 Å². The van der Waals surface area contributed by atoms with E-state index in [1.54, 1.807) is 0 Å². The van der Waals surface area contributed by atoms with Gasteiger partial charge < -0.3 is 10.1 Å². The number of benzene rings is 2. The number of hydrogen-bond acceptors (Lipinski definition) is 4. The monoisotopic (exact) mass is 319 g/mol. The first-order chi connectivity index (χ1) is 11.8. The number of para-hydroxylation sites is 1. The fraction of sp³-hybridized carbons (Fsp3) is 0.105. The fourth-order valence-corrected chi connectivity index (χ4v) is 2.17. The summed E-state index contributed by atoms with van der Waals surface area (Å²) in [4.78, 5) is 20.3. The SMILES string of the molecule is O=C(COc1ccccc1)NCc1cc(-c2ccccc2)ncn1. The number of nitrogens with zero attached hydrogens (tertiary/aromatic N) is 2. The summed E-state index contributed by atoms with van der Waals surface area (Å²) in [5.41, 5.74) is 2.59. The molecule has 1 aromatic heterocycles. The molecule has 1 N–H and O–H groups in total. The summed E-state index contributed by atoms with van der Waals surface area (Å²) >= 11 is 0. The first-order valence-corrected chi connectivity index (χ1v) is 7.62. The highest BCUT2D eigenvalue weighted by atomic mass is 16.5. The van der Waals surface area contributed by atoms with Gasteiger partial charge in [-0.15, -0.1) is 0 Å². The molecule has 0 saturated heterocycles. The van der Waals surface area contributed by atoms with Crippen LogP contribution in [0.15, 0.2) is 73.1 Å². The second-order valence-corrected chi connectivity index (χ2v) is 5.14. The van der Waals surface area contributed by atoms with Crippen LogP contribution in [-0.2, 0) is 11.3 Å². The topological polar surface area (TPSA) is 64.1 Å². The molecule has 1 amide bonds. The standard InChI is InChI=1S/C19H17N3O2/c23-19(13-24-17-9-5-2-6-10-17)20-12-16-11-18(22-14-21-16)15-7-3-1-4-8-15/h1-11,14H,12-13H2,(H,20,23). The Balaban J connectivity index is 1.54. The summed E-state index contributed by atoms with van der Waals surface area (Å²) in [6.07, 6.45) is 1.50. The minimum Gasteiger partial charge on any atom is -0.484 e. The van der Waals surface area contributed by atoms with Crippen molar-refractivity contribution in [2.24, 2.45) is 0 Å². The van der Waals surface area contributed by atoms with Crippen LogP contribution < -0.4 is 10.1 Å². The van der Waals surface area contributed by atoms with Gasteiger partial charge in [0.1, 0.15) is 12.1 Å². The highest BCUT2D eigenvalue weighted by molar-refractivity contribution is 5.77. The molecule has 0 aliphatic carbocycles. The molecule has 2 aromatic carbocycles. The summed E-state index contributed by atoms with van der Waals surface area (Å²) < 4.78 is 5.40. The summed E-state index contributed by atoms with van der Waals surface area (Å²) in [6, 6.07) is 20.9. The molecule has 24 heavy (non-hydrogen) atoms. The van der Waals surface area contributed by atoms with Gasteiger partial charge in [-0.2, -0.15) is 0 Å². The number of rotatable bonds is 6. The maximum Gasteiger partial charge on any atom is 0.258 e. The van der Waals surface area contributed by atoms with Crippen molar-refractivity contribution in [3.05, 3.63) is 78.8 Å². The quantitative estimate of drug-likeness (QED) is 0.759. The molecule has 5 heteroatoms. The number of amides is 1. The lowest BCUT2D eigenvalue weighted by Crippen LogP contribution is -2.28. The molecule has 0 bridgehead atoms. The van der Waals surface area contributed by atoms with E-state index in [1.165, 1.54) is 6.33 Å². The molecule has 0 saturated carbocycles. The second-order valence-electron chi connectivity index (χ2n) is 5.14. The Morgan fingerprint density at radius 1 is 0.958 bits per heavy atom. The molecule has 3 rings (SSSR count). The van der Waals surface area contributed by atoms with Crippen molar-refractivity contribution in [3.8, 4) is 17.0 Å². The fourth-order valence-electron chi connectivity index (χ4n) is 2.17. The number of hydrogen-bond donors (Lipinski definition) is 1. The minimum absolute atomic E-state index is 0.0271. The Labute approximate surface area is 140 Å². The number of aromatic nitrogens is 2. The Morgan fingerprint density at radius 2 is 1.67 bits per heavy atom. The van der Waals surface area contributed by atoms with Crippen molar-refractivity contribution in [3.63, 3.8) is 0 Å². The molecule has 0 spiro atoms. The third-order valence-electron chi connectivity index (χ3n) is 3.37. The molecule has 0 aliphatic rings. The van der Waals surface area contributed by atoms with Crippen molar-refractivity contribution >= 4 is 5.91 Å². The average molecular weight is 319 g/mol. The van der Waals surface area contributed by atoms with E-state index in [-0.39, 0.29) is 12.5 Å². The average Bonchev–Trinajstić information content (AvgIpc) is 2.66. The van der Waals surface area contributed by atoms with Crippen LogP contribution in [0.1, 0.15) is 5.69 Å². The predicted octanol–water partition coefficient (Wildman–Crippen LogP) is 2.84. The maximum atomic E-state index is 11.9. The van der Waals surface area contributed by atoms with Gasteiger partial charge in [-0.3, -0.25) is 4.79 Å². The van der Waals surface area contributed by atoms with Gasteiger partial charge >= 0.3 is 0 Å². The van der Waals surface area contributed by atoms with E-state index in [2.05, 4.69) is 15.3 Å². The largest absolute Gasteiger partial charge is 0.484 e. The zero-order valence-electron chi connectivity index (χ0n) is 13.1. The highest BCUT2D eigenvalue weighted by Gasteiger charge is 2.05. The first-order valence-electron chi connectivity index (χ1n) is 7.62. The normalized spacial score (nSPS) is 10.2. The number of carbonyl (C=O) groups is 1. The van der Waals surface area contributed by atoms with Crippen LogP contribution in [0, 0.1) is 0 Å². The summed E-state index contributed by atoms with van der Waals surface area (Å²) in [7, 11) is 0. The van der Waals surface area contributed by atoms with Crippen molar-refractivity contribution in [2.75, 3.05) is 6.61 Å². The van der Waals surface area contributed by atoms with Crippen LogP contribution in [0.2, 0.25) is 0 Å². The number of nitrogens with one attached hydrogen (secondary N) is 1. The molecule has 0 fully saturated rings. The van der Waals surface area contributed by atoms with Crippen LogP contribution in [0.25, 0.3) is 11.3 Å². The van der Waals surface area contributed by atoms with Gasteiger partial charge in [-0.05, 0) is 18.2 Å². The van der Waals surface area contributed by atoms with Crippen molar-refractivity contribution in [1.82, 2.24) is 15.3 Å². The Kier molecular flexibility index (Phi) is 5.14. The van der Waals surface area contributed by atoms with Gasteiger partial charge in [0.05, 0.1) is 17.9 Å². The highest BCUT2D eigenvalue weighted by Crippen LogP contribution is 2.16. The van der Waals surface area contributed by atoms with Crippen LogP contribution in [0.3, 0.4) is 0 Å². The number of ether oxygens (including phenoxy) is 1. The Hall–Kier alpha value is -3.21. The maximum absolute atomic E-state index is 11.9. The molecule has 120 valence electrons. The van der Waals surface area contributed by atoms with Gasteiger partial charge in [-0.25, -0.2) is 9.97 Å². The molecule has 1 heterocycles. The Bertz CT molecular complexity index is 792. The van der Waals surface area contributed by atoms with Crippen molar-refractivity contribution in [2.45, 2.75) is 6.54 Å². The summed E-state index contributed by atoms with van der Waals surface area (Å²) in [5.74, 6) is 0.472. The lowest BCUT2D eigenvalue weighted by atomic mass is 10.1. The summed E-state index contributed by atoms with van der Waals surface area (Å²) in [5, 5.41) is 2.79. The van der Waals surface area contributed by atoms with Crippen LogP contribution in [-0.4, -0.2) is 22.5 Å². The molecule has 5 nitrogen and oxygen atoms in total. The van der Waals surface area contributed by atoms with E-state index >= 15 is 0 Å². The van der Waals surface area contributed by atoms with Gasteiger partial charge in [0.25, 0.3) is 5.91 Å². The van der Waals surface area contributed by atoms with E-state index in [9.17, 15) is 4.79 Å². The van der Waals surface area contributed by atoms with Gasteiger partial charge in [0, 0.05) is 5.56 Å². The molecule has 3 aromatic rings. The Morgan fingerprint density at radius 3 is 2.42 bits per heavy atom. The lowest BCUT2D eigenvalue weighted by molar-refractivity contribution is -0.123. The molecular formula is C19H17N3O2. The van der Waals surface area contributed by atoms with E-state index in [4.69, 9.17) is 4.74 Å². The molecule has 0 aliphatic heterocycles. The zero-order chi connectivity index (χ0) is 16.6. The zero-order valence-corrected chi connectivity index (χ0v) is 13.1. The minimum atomic E-state index is -0.196. The molecule has 0 radical (unpaired) electrons. The van der Waals surface area contributed by atoms with E-state index in [1.807, 2.05) is 66.7 Å². The third-order valence-corrected chi connectivity index (χ3v) is 3.37. The first kappa shape index (κ1) is 15.7. The van der Waals surface area contributed by atoms with Crippen molar-refractivity contribution in [1.29, 1.82) is 0 Å². The van der Waals surface area contributed by atoms with Gasteiger partial charge in [0.15, 0.2) is 6.61 Å². The smallest absolute Gasteiger partial charge is 0.258 e. The van der Waals surface area contributed by atoms with Crippen molar-refractivity contribution < 1.29 is 9.53 Å². The molecule has 0 unspecified atom stereocenters. The van der Waals surface area contributed by atoms with Gasteiger partial charge in [0.2, 0.25) is 0 Å².